The van der Waals surface area contributed by atoms with Gasteiger partial charge in [-0.3, -0.25) is 0 Å². The topological polar surface area (TPSA) is 12.0 Å². The van der Waals surface area contributed by atoms with Crippen LogP contribution < -0.4 is 5.32 Å². The van der Waals surface area contributed by atoms with Crippen LogP contribution in [0.25, 0.3) is 0 Å². The summed E-state index contributed by atoms with van der Waals surface area (Å²) in [6, 6.07) is 7.57. The molecule has 0 unspecified atom stereocenters. The molecular weight excluding hydrogens is 279 g/mol. The Bertz CT molecular complexity index is 414. The van der Waals surface area contributed by atoms with Crippen molar-refractivity contribution in [2.24, 2.45) is 0 Å². The number of nitrogens with one attached hydrogen (secondary N) is 1. The van der Waals surface area contributed by atoms with Crippen molar-refractivity contribution >= 4 is 22.7 Å². The van der Waals surface area contributed by atoms with Gasteiger partial charge in [0.05, 0.1) is 12.5 Å². The molecule has 0 spiro atoms. The second-order valence-corrected chi connectivity index (χ2v) is 5.74. The highest BCUT2D eigenvalue weighted by atomic mass is 32.1. The van der Waals surface area contributed by atoms with Crippen LogP contribution >= 0.6 is 22.7 Å². The van der Waals surface area contributed by atoms with Gasteiger partial charge in [-0.25, -0.2) is 0 Å². The molecule has 98 valence electrons. The van der Waals surface area contributed by atoms with E-state index in [2.05, 4.69) is 5.32 Å². The third-order valence-electron chi connectivity index (χ3n) is 2.41. The minimum Gasteiger partial charge on any atom is -0.305 e. The summed E-state index contributed by atoms with van der Waals surface area (Å²) in [5.41, 5.74) is 0. The van der Waals surface area contributed by atoms with Crippen LogP contribution in [0.4, 0.5) is 13.2 Å². The molecule has 0 atom stereocenters. The lowest BCUT2D eigenvalue weighted by atomic mass is 10.2. The predicted octanol–water partition coefficient (Wildman–Crippen LogP) is 4.44. The Morgan fingerprint density at radius 3 is 2.00 bits per heavy atom. The first kappa shape index (κ1) is 13.6. The van der Waals surface area contributed by atoms with Crippen LogP contribution in [0.15, 0.2) is 35.0 Å². The molecule has 6 heteroatoms. The molecule has 0 saturated heterocycles. The third kappa shape index (κ3) is 3.83. The van der Waals surface area contributed by atoms with Crippen molar-refractivity contribution < 1.29 is 13.2 Å². The standard InChI is InChI=1S/C12H12F3NS2/c13-12(14,15)5-6-16-11(9-3-1-7-17-9)10-4-2-8-18-10/h1-4,7-8,11,16H,5-6H2. The Balaban J connectivity index is 2.03. The molecule has 0 radical (unpaired) electrons. The molecular formula is C12H12F3NS2. The fourth-order valence-corrected chi connectivity index (χ4v) is 3.32. The number of hydrogen-bond acceptors (Lipinski definition) is 3. The van der Waals surface area contributed by atoms with Crippen molar-refractivity contribution in [2.45, 2.75) is 18.6 Å². The van der Waals surface area contributed by atoms with Crippen LogP contribution in [-0.4, -0.2) is 12.7 Å². The quantitative estimate of drug-likeness (QED) is 0.858. The highest BCUT2D eigenvalue weighted by molar-refractivity contribution is 7.11. The van der Waals surface area contributed by atoms with E-state index in [0.717, 1.165) is 9.75 Å². The van der Waals surface area contributed by atoms with Gasteiger partial charge in [0, 0.05) is 16.3 Å². The van der Waals surface area contributed by atoms with E-state index in [-0.39, 0.29) is 12.6 Å². The lowest BCUT2D eigenvalue weighted by Crippen LogP contribution is -2.25. The zero-order chi connectivity index (χ0) is 13.0. The second-order valence-electron chi connectivity index (χ2n) is 3.78. The van der Waals surface area contributed by atoms with E-state index in [4.69, 9.17) is 0 Å². The number of hydrogen-bond donors (Lipinski definition) is 1. The summed E-state index contributed by atoms with van der Waals surface area (Å²) in [4.78, 5) is 2.08. The largest absolute Gasteiger partial charge is 0.390 e. The Morgan fingerprint density at radius 1 is 1.06 bits per heavy atom. The van der Waals surface area contributed by atoms with E-state index in [9.17, 15) is 13.2 Å². The number of rotatable bonds is 5. The van der Waals surface area contributed by atoms with Crippen LogP contribution in [0.3, 0.4) is 0 Å². The third-order valence-corrected chi connectivity index (χ3v) is 4.29. The molecule has 1 nitrogen and oxygen atoms in total. The molecule has 2 aromatic heterocycles. The van der Waals surface area contributed by atoms with Gasteiger partial charge in [0.15, 0.2) is 0 Å². The predicted molar refractivity (Wildman–Crippen MR) is 69.2 cm³/mol. The van der Waals surface area contributed by atoms with Crippen molar-refractivity contribution in [3.05, 3.63) is 44.8 Å². The van der Waals surface area contributed by atoms with Crippen molar-refractivity contribution in [2.75, 3.05) is 6.54 Å². The van der Waals surface area contributed by atoms with Gasteiger partial charge >= 0.3 is 6.18 Å². The molecule has 0 saturated carbocycles. The van der Waals surface area contributed by atoms with E-state index in [1.807, 2.05) is 35.0 Å². The molecule has 0 aliphatic rings. The van der Waals surface area contributed by atoms with Crippen molar-refractivity contribution in [3.8, 4) is 0 Å². The lowest BCUT2D eigenvalue weighted by Gasteiger charge is -2.16. The summed E-state index contributed by atoms with van der Waals surface area (Å²) in [5.74, 6) is 0. The van der Waals surface area contributed by atoms with Crippen LogP contribution in [0.1, 0.15) is 22.2 Å². The van der Waals surface area contributed by atoms with Crippen molar-refractivity contribution in [3.63, 3.8) is 0 Å². The molecule has 2 heterocycles. The zero-order valence-electron chi connectivity index (χ0n) is 9.41. The molecule has 0 bridgehead atoms. The fourth-order valence-electron chi connectivity index (χ4n) is 1.61. The Morgan fingerprint density at radius 2 is 1.61 bits per heavy atom. The molecule has 18 heavy (non-hydrogen) atoms. The van der Waals surface area contributed by atoms with Gasteiger partial charge < -0.3 is 5.32 Å². The average Bonchev–Trinajstić information content (AvgIpc) is 2.96. The Labute approximate surface area is 111 Å². The Kier molecular flexibility index (Phi) is 4.42. The van der Waals surface area contributed by atoms with Gasteiger partial charge in [-0.2, -0.15) is 13.2 Å². The molecule has 2 aromatic rings. The average molecular weight is 291 g/mol. The fraction of sp³-hybridized carbons (Fsp3) is 0.333. The van der Waals surface area contributed by atoms with Crippen molar-refractivity contribution in [1.29, 1.82) is 0 Å². The molecule has 1 N–H and O–H groups in total. The smallest absolute Gasteiger partial charge is 0.305 e. The maximum absolute atomic E-state index is 12.2. The molecule has 0 aliphatic heterocycles. The minimum absolute atomic E-state index is 0.0655. The maximum Gasteiger partial charge on any atom is 0.390 e. The first-order valence-electron chi connectivity index (χ1n) is 5.43. The molecule has 0 fully saturated rings. The summed E-state index contributed by atoms with van der Waals surface area (Å²) in [7, 11) is 0. The van der Waals surface area contributed by atoms with Gasteiger partial charge in [0.2, 0.25) is 0 Å². The van der Waals surface area contributed by atoms with Gasteiger partial charge in [-0.05, 0) is 22.9 Å². The van der Waals surface area contributed by atoms with Gasteiger partial charge in [0.1, 0.15) is 0 Å². The number of thiophene rings is 2. The number of halogens is 3. The Hall–Kier alpha value is -0.850. The minimum atomic E-state index is -4.11. The second kappa shape index (κ2) is 5.86. The van der Waals surface area contributed by atoms with E-state index in [1.165, 1.54) is 0 Å². The zero-order valence-corrected chi connectivity index (χ0v) is 11.0. The summed E-state index contributed by atoms with van der Waals surface area (Å²) in [6.07, 6.45) is -4.91. The van der Waals surface area contributed by atoms with Crippen LogP contribution in [-0.2, 0) is 0 Å². The lowest BCUT2D eigenvalue weighted by molar-refractivity contribution is -0.133. The highest BCUT2D eigenvalue weighted by Gasteiger charge is 2.27. The molecule has 0 amide bonds. The van der Waals surface area contributed by atoms with Crippen LogP contribution in [0, 0.1) is 0 Å². The van der Waals surface area contributed by atoms with E-state index in [1.54, 1.807) is 22.7 Å². The number of alkyl halides is 3. The first-order chi connectivity index (χ1) is 8.56. The molecule has 2 rings (SSSR count). The van der Waals surface area contributed by atoms with Crippen LogP contribution in [0.5, 0.6) is 0 Å². The van der Waals surface area contributed by atoms with Crippen LogP contribution in [0.2, 0.25) is 0 Å². The summed E-state index contributed by atoms with van der Waals surface area (Å²) in [5, 5.41) is 6.85. The first-order valence-corrected chi connectivity index (χ1v) is 7.19. The molecule has 0 aromatic carbocycles. The highest BCUT2D eigenvalue weighted by Crippen LogP contribution is 2.29. The molecule has 0 aliphatic carbocycles. The summed E-state index contributed by atoms with van der Waals surface area (Å²) >= 11 is 3.10. The van der Waals surface area contributed by atoms with Gasteiger partial charge in [-0.1, -0.05) is 12.1 Å². The van der Waals surface area contributed by atoms with E-state index < -0.39 is 12.6 Å². The van der Waals surface area contributed by atoms with Gasteiger partial charge in [-0.15, -0.1) is 22.7 Å². The monoisotopic (exact) mass is 291 g/mol. The summed E-state index contributed by atoms with van der Waals surface area (Å²) in [6.45, 7) is -0.0655. The normalized spacial score (nSPS) is 12.2. The van der Waals surface area contributed by atoms with Crippen molar-refractivity contribution in [1.82, 2.24) is 5.32 Å². The SMILES string of the molecule is FC(F)(F)CCNC(c1cccs1)c1cccs1. The van der Waals surface area contributed by atoms with E-state index in [0.29, 0.717) is 0 Å². The summed E-state index contributed by atoms with van der Waals surface area (Å²) < 4.78 is 36.5. The van der Waals surface area contributed by atoms with E-state index >= 15 is 0 Å². The van der Waals surface area contributed by atoms with Gasteiger partial charge in [0.25, 0.3) is 0 Å². The maximum atomic E-state index is 12.2.